The van der Waals surface area contributed by atoms with Crippen molar-refractivity contribution in [1.29, 1.82) is 0 Å². The Hall–Kier alpha value is -2.43. The lowest BCUT2D eigenvalue weighted by atomic mass is 10.1. The van der Waals surface area contributed by atoms with E-state index < -0.39 is 0 Å². The van der Waals surface area contributed by atoms with Gasteiger partial charge in [-0.2, -0.15) is 0 Å². The third-order valence-electron chi connectivity index (χ3n) is 2.48. The van der Waals surface area contributed by atoms with Gasteiger partial charge in [0.05, 0.1) is 14.2 Å². The number of rotatable bonds is 4. The van der Waals surface area contributed by atoms with E-state index in [0.29, 0.717) is 23.0 Å². The van der Waals surface area contributed by atoms with E-state index in [4.69, 9.17) is 19.1 Å². The predicted molar refractivity (Wildman–Crippen MR) is 66.6 cm³/mol. The van der Waals surface area contributed by atoms with Crippen molar-refractivity contribution >= 4 is 6.21 Å². The van der Waals surface area contributed by atoms with Crippen molar-refractivity contribution in [3.8, 4) is 22.8 Å². The molecule has 5 nitrogen and oxygen atoms in total. The number of hydrogen-bond donors (Lipinski definition) is 1. The molecular weight excluding hydrogens is 234 g/mol. The van der Waals surface area contributed by atoms with Crippen molar-refractivity contribution in [3.05, 3.63) is 36.1 Å². The number of furan rings is 1. The molecule has 0 saturated carbocycles. The minimum absolute atomic E-state index is 0.474. The summed E-state index contributed by atoms with van der Waals surface area (Å²) in [6.07, 6.45) is 1.23. The monoisotopic (exact) mass is 247 g/mol. The van der Waals surface area contributed by atoms with Crippen LogP contribution in [0.4, 0.5) is 0 Å². The molecule has 94 valence electrons. The van der Waals surface area contributed by atoms with Crippen LogP contribution in [0.15, 0.2) is 39.9 Å². The average molecular weight is 247 g/mol. The quantitative estimate of drug-likeness (QED) is 0.512. The van der Waals surface area contributed by atoms with Crippen LogP contribution in [0.1, 0.15) is 5.76 Å². The zero-order chi connectivity index (χ0) is 13.0. The molecule has 0 atom stereocenters. The van der Waals surface area contributed by atoms with Crippen LogP contribution in [0.25, 0.3) is 11.3 Å². The smallest absolute Gasteiger partial charge is 0.161 e. The summed E-state index contributed by atoms with van der Waals surface area (Å²) < 4.78 is 15.9. The number of ether oxygens (including phenoxy) is 2. The van der Waals surface area contributed by atoms with Gasteiger partial charge in [-0.15, -0.1) is 0 Å². The molecule has 1 N–H and O–H groups in total. The van der Waals surface area contributed by atoms with E-state index in [0.717, 1.165) is 5.56 Å². The van der Waals surface area contributed by atoms with Gasteiger partial charge in [-0.05, 0) is 30.3 Å². The van der Waals surface area contributed by atoms with E-state index in [2.05, 4.69) is 5.16 Å². The third kappa shape index (κ3) is 2.29. The van der Waals surface area contributed by atoms with Crippen molar-refractivity contribution in [2.75, 3.05) is 14.2 Å². The Morgan fingerprint density at radius 1 is 1.11 bits per heavy atom. The molecule has 0 bridgehead atoms. The zero-order valence-electron chi connectivity index (χ0n) is 10.1. The Labute approximate surface area is 104 Å². The van der Waals surface area contributed by atoms with Gasteiger partial charge < -0.3 is 19.1 Å². The summed E-state index contributed by atoms with van der Waals surface area (Å²) >= 11 is 0. The molecule has 0 aliphatic carbocycles. The van der Waals surface area contributed by atoms with E-state index in [1.54, 1.807) is 32.4 Å². The van der Waals surface area contributed by atoms with Crippen molar-refractivity contribution < 1.29 is 19.1 Å². The fourth-order valence-corrected chi connectivity index (χ4v) is 1.62. The van der Waals surface area contributed by atoms with Crippen LogP contribution in [0.3, 0.4) is 0 Å². The molecule has 0 unspecified atom stereocenters. The summed E-state index contributed by atoms with van der Waals surface area (Å²) in [5.74, 6) is 2.42. The molecule has 0 radical (unpaired) electrons. The second-order valence-electron chi connectivity index (χ2n) is 3.52. The van der Waals surface area contributed by atoms with E-state index in [-0.39, 0.29) is 0 Å². The van der Waals surface area contributed by atoms with Gasteiger partial charge in [-0.3, -0.25) is 0 Å². The first-order valence-electron chi connectivity index (χ1n) is 5.28. The second kappa shape index (κ2) is 5.27. The van der Waals surface area contributed by atoms with Crippen LogP contribution < -0.4 is 9.47 Å². The molecule has 5 heteroatoms. The predicted octanol–water partition coefficient (Wildman–Crippen LogP) is 2.77. The van der Waals surface area contributed by atoms with Gasteiger partial charge in [0, 0.05) is 5.56 Å². The van der Waals surface area contributed by atoms with Crippen LogP contribution in [0.5, 0.6) is 11.5 Å². The lowest BCUT2D eigenvalue weighted by Gasteiger charge is -2.08. The minimum Gasteiger partial charge on any atom is -0.493 e. The number of methoxy groups -OCH3 is 2. The van der Waals surface area contributed by atoms with Gasteiger partial charge in [-0.25, -0.2) is 0 Å². The second-order valence-corrected chi connectivity index (χ2v) is 3.52. The Morgan fingerprint density at radius 2 is 1.89 bits per heavy atom. The van der Waals surface area contributed by atoms with Gasteiger partial charge in [0.15, 0.2) is 11.5 Å². The Bertz CT molecular complexity index is 560. The molecule has 1 aromatic carbocycles. The Balaban J connectivity index is 2.37. The molecule has 2 rings (SSSR count). The largest absolute Gasteiger partial charge is 0.493 e. The molecule has 1 aromatic heterocycles. The first kappa shape index (κ1) is 12.0. The van der Waals surface area contributed by atoms with Gasteiger partial charge in [-0.1, -0.05) is 5.16 Å². The summed E-state index contributed by atoms with van der Waals surface area (Å²) in [6, 6.07) is 8.98. The van der Waals surface area contributed by atoms with Crippen molar-refractivity contribution in [2.45, 2.75) is 0 Å². The molecule has 1 heterocycles. The zero-order valence-corrected chi connectivity index (χ0v) is 10.1. The molecule has 0 saturated heterocycles. The van der Waals surface area contributed by atoms with E-state index in [9.17, 15) is 0 Å². The number of nitrogens with zero attached hydrogens (tertiary/aromatic N) is 1. The molecule has 0 aliphatic heterocycles. The summed E-state index contributed by atoms with van der Waals surface area (Å²) in [5.41, 5.74) is 0.852. The fraction of sp³-hybridized carbons (Fsp3) is 0.154. The number of oxime groups is 1. The van der Waals surface area contributed by atoms with Crippen LogP contribution in [-0.4, -0.2) is 25.6 Å². The first-order valence-corrected chi connectivity index (χ1v) is 5.28. The highest BCUT2D eigenvalue weighted by Gasteiger charge is 2.08. The van der Waals surface area contributed by atoms with Gasteiger partial charge in [0.2, 0.25) is 0 Å². The standard InChI is InChI=1S/C13H13NO4/c1-16-12-5-3-9(7-13(12)17-2)11-6-4-10(18-11)8-14-15/h3-8,15H,1-2H3/b14-8+. The summed E-state index contributed by atoms with van der Waals surface area (Å²) in [6.45, 7) is 0. The maximum atomic E-state index is 8.42. The highest BCUT2D eigenvalue weighted by molar-refractivity contribution is 5.77. The van der Waals surface area contributed by atoms with Crippen LogP contribution in [0.2, 0.25) is 0 Å². The number of benzene rings is 1. The van der Waals surface area contributed by atoms with E-state index in [1.807, 2.05) is 12.1 Å². The van der Waals surface area contributed by atoms with Gasteiger partial charge in [0.1, 0.15) is 17.7 Å². The lowest BCUT2D eigenvalue weighted by Crippen LogP contribution is -1.90. The summed E-state index contributed by atoms with van der Waals surface area (Å²) in [7, 11) is 3.16. The topological polar surface area (TPSA) is 64.2 Å². The average Bonchev–Trinajstić information content (AvgIpc) is 2.87. The Morgan fingerprint density at radius 3 is 2.56 bits per heavy atom. The molecule has 0 fully saturated rings. The molecule has 0 aliphatic rings. The summed E-state index contributed by atoms with van der Waals surface area (Å²) in [5, 5.41) is 11.3. The fourth-order valence-electron chi connectivity index (χ4n) is 1.62. The lowest BCUT2D eigenvalue weighted by molar-refractivity contribution is 0.321. The molecule has 18 heavy (non-hydrogen) atoms. The van der Waals surface area contributed by atoms with Gasteiger partial charge in [0.25, 0.3) is 0 Å². The van der Waals surface area contributed by atoms with Gasteiger partial charge >= 0.3 is 0 Å². The molecular formula is C13H13NO4. The van der Waals surface area contributed by atoms with Crippen LogP contribution in [0, 0.1) is 0 Å². The maximum Gasteiger partial charge on any atom is 0.161 e. The molecule has 2 aromatic rings. The summed E-state index contributed by atoms with van der Waals surface area (Å²) in [4.78, 5) is 0. The first-order chi connectivity index (χ1) is 8.78. The van der Waals surface area contributed by atoms with E-state index >= 15 is 0 Å². The SMILES string of the molecule is COc1ccc(-c2ccc(/C=N/O)o2)cc1OC. The minimum atomic E-state index is 0.474. The van der Waals surface area contributed by atoms with Crippen molar-refractivity contribution in [1.82, 2.24) is 0 Å². The van der Waals surface area contributed by atoms with Crippen LogP contribution >= 0.6 is 0 Å². The molecule has 0 spiro atoms. The number of hydrogen-bond acceptors (Lipinski definition) is 5. The van der Waals surface area contributed by atoms with Crippen molar-refractivity contribution in [3.63, 3.8) is 0 Å². The normalized spacial score (nSPS) is 10.8. The highest BCUT2D eigenvalue weighted by Crippen LogP contribution is 2.32. The highest BCUT2D eigenvalue weighted by atomic mass is 16.5. The van der Waals surface area contributed by atoms with Crippen LogP contribution in [-0.2, 0) is 0 Å². The Kier molecular flexibility index (Phi) is 3.52. The third-order valence-corrected chi connectivity index (χ3v) is 2.48. The molecule has 0 amide bonds. The van der Waals surface area contributed by atoms with Crippen molar-refractivity contribution in [2.24, 2.45) is 5.16 Å². The van der Waals surface area contributed by atoms with E-state index in [1.165, 1.54) is 6.21 Å². The maximum absolute atomic E-state index is 8.42.